The van der Waals surface area contributed by atoms with Gasteiger partial charge in [-0.05, 0) is 49.3 Å². The van der Waals surface area contributed by atoms with Crippen molar-refractivity contribution < 1.29 is 0 Å². The number of nitrogens with one attached hydrogen (secondary N) is 1. The molecule has 2 fully saturated rings. The molecule has 1 aromatic carbocycles. The molecular weight excluding hydrogens is 246 g/mol. The Morgan fingerprint density at radius 3 is 2.89 bits per heavy atom. The molecule has 94 valence electrons. The molecule has 0 spiro atoms. The van der Waals surface area contributed by atoms with Crippen molar-refractivity contribution in [2.24, 2.45) is 17.6 Å². The highest BCUT2D eigenvalue weighted by molar-refractivity contribution is 6.31. The van der Waals surface area contributed by atoms with Gasteiger partial charge in [0.15, 0.2) is 0 Å². The molecule has 4 atom stereocenters. The third-order valence-electron chi connectivity index (χ3n) is 4.76. The molecule has 2 aliphatic carbocycles. The van der Waals surface area contributed by atoms with Gasteiger partial charge in [-0.15, -0.1) is 0 Å². The standard InChI is InChI=1S/C14H16ClN3/c15-9-3-4-10-11(6-9)18-14(17-10)12-7-1-2-8(5-7)13(12)16/h3-4,6-8,12-13H,1-2,5,16H2,(H,17,18). The van der Waals surface area contributed by atoms with Crippen molar-refractivity contribution in [2.75, 3.05) is 0 Å². The second-order valence-corrected chi connectivity index (χ2v) is 6.16. The maximum absolute atomic E-state index is 6.36. The molecule has 4 unspecified atom stereocenters. The van der Waals surface area contributed by atoms with Crippen LogP contribution in [-0.2, 0) is 0 Å². The van der Waals surface area contributed by atoms with E-state index >= 15 is 0 Å². The smallest absolute Gasteiger partial charge is 0.112 e. The molecule has 2 saturated carbocycles. The maximum atomic E-state index is 6.36. The molecule has 0 saturated heterocycles. The molecule has 4 heteroatoms. The predicted molar refractivity (Wildman–Crippen MR) is 72.7 cm³/mol. The highest BCUT2D eigenvalue weighted by Crippen LogP contribution is 2.51. The van der Waals surface area contributed by atoms with Crippen LogP contribution in [0, 0.1) is 11.8 Å². The fraction of sp³-hybridized carbons (Fsp3) is 0.500. The van der Waals surface area contributed by atoms with Gasteiger partial charge in [-0.25, -0.2) is 4.98 Å². The van der Waals surface area contributed by atoms with E-state index in [0.29, 0.717) is 11.8 Å². The number of benzene rings is 1. The summed E-state index contributed by atoms with van der Waals surface area (Å²) in [6, 6.07) is 6.07. The molecule has 2 aliphatic rings. The van der Waals surface area contributed by atoms with Crippen LogP contribution in [0.25, 0.3) is 11.0 Å². The van der Waals surface area contributed by atoms with Gasteiger partial charge in [-0.3, -0.25) is 0 Å². The molecule has 2 bridgehead atoms. The Balaban J connectivity index is 1.78. The van der Waals surface area contributed by atoms with Crippen LogP contribution in [0.3, 0.4) is 0 Å². The average molecular weight is 262 g/mol. The Labute approximate surface area is 111 Å². The van der Waals surface area contributed by atoms with E-state index in [0.717, 1.165) is 27.8 Å². The van der Waals surface area contributed by atoms with Gasteiger partial charge < -0.3 is 10.7 Å². The largest absolute Gasteiger partial charge is 0.342 e. The normalized spacial score (nSPS) is 34.6. The summed E-state index contributed by atoms with van der Waals surface area (Å²) in [5, 5.41) is 0.745. The number of halogens is 1. The zero-order valence-electron chi connectivity index (χ0n) is 10.1. The Kier molecular flexibility index (Phi) is 2.24. The fourth-order valence-corrected chi connectivity index (χ4v) is 4.07. The summed E-state index contributed by atoms with van der Waals surface area (Å²) in [7, 11) is 0. The zero-order valence-corrected chi connectivity index (χ0v) is 10.8. The van der Waals surface area contributed by atoms with Gasteiger partial charge in [0.05, 0.1) is 11.0 Å². The lowest BCUT2D eigenvalue weighted by molar-refractivity contribution is 0.356. The van der Waals surface area contributed by atoms with E-state index in [2.05, 4.69) is 4.98 Å². The lowest BCUT2D eigenvalue weighted by atomic mass is 9.84. The summed E-state index contributed by atoms with van der Waals surface area (Å²) in [5.41, 5.74) is 8.37. The van der Waals surface area contributed by atoms with Gasteiger partial charge >= 0.3 is 0 Å². The highest BCUT2D eigenvalue weighted by atomic mass is 35.5. The second-order valence-electron chi connectivity index (χ2n) is 5.72. The molecule has 1 aromatic heterocycles. The lowest BCUT2D eigenvalue weighted by Gasteiger charge is -2.26. The molecule has 0 radical (unpaired) electrons. The van der Waals surface area contributed by atoms with Crippen LogP contribution in [0.15, 0.2) is 18.2 Å². The van der Waals surface area contributed by atoms with Crippen LogP contribution >= 0.6 is 11.6 Å². The third-order valence-corrected chi connectivity index (χ3v) is 4.99. The summed E-state index contributed by atoms with van der Waals surface area (Å²) in [4.78, 5) is 8.13. The van der Waals surface area contributed by atoms with Crippen LogP contribution in [0.5, 0.6) is 0 Å². The first-order valence-corrected chi connectivity index (χ1v) is 7.01. The molecular formula is C14H16ClN3. The Hall–Kier alpha value is -1.06. The van der Waals surface area contributed by atoms with Gasteiger partial charge in [0, 0.05) is 17.0 Å². The van der Waals surface area contributed by atoms with E-state index in [-0.39, 0.29) is 6.04 Å². The Morgan fingerprint density at radius 2 is 2.11 bits per heavy atom. The van der Waals surface area contributed by atoms with Crippen molar-refractivity contribution >= 4 is 22.6 Å². The Morgan fingerprint density at radius 1 is 1.28 bits per heavy atom. The molecule has 3 nitrogen and oxygen atoms in total. The van der Waals surface area contributed by atoms with E-state index in [4.69, 9.17) is 22.3 Å². The van der Waals surface area contributed by atoms with E-state index in [1.165, 1.54) is 19.3 Å². The average Bonchev–Trinajstić information content (AvgIpc) is 3.00. The predicted octanol–water partition coefficient (Wildman–Crippen LogP) is 3.06. The number of rotatable bonds is 1. The van der Waals surface area contributed by atoms with Crippen molar-refractivity contribution in [3.05, 3.63) is 29.0 Å². The first kappa shape index (κ1) is 10.8. The van der Waals surface area contributed by atoms with Crippen LogP contribution in [0.2, 0.25) is 5.02 Å². The molecule has 1 heterocycles. The minimum absolute atomic E-state index is 0.278. The second kappa shape index (κ2) is 3.72. The summed E-state index contributed by atoms with van der Waals surface area (Å²) < 4.78 is 0. The summed E-state index contributed by atoms with van der Waals surface area (Å²) in [6.45, 7) is 0. The molecule has 3 N–H and O–H groups in total. The van der Waals surface area contributed by atoms with Crippen LogP contribution in [-0.4, -0.2) is 16.0 Å². The maximum Gasteiger partial charge on any atom is 0.112 e. The van der Waals surface area contributed by atoms with Gasteiger partial charge in [-0.2, -0.15) is 0 Å². The van der Waals surface area contributed by atoms with Crippen molar-refractivity contribution in [2.45, 2.75) is 31.2 Å². The van der Waals surface area contributed by atoms with Gasteiger partial charge in [0.2, 0.25) is 0 Å². The molecule has 2 aromatic rings. The number of aromatic nitrogens is 2. The molecule has 0 aliphatic heterocycles. The summed E-state index contributed by atoms with van der Waals surface area (Å²) in [6.07, 6.45) is 3.89. The monoisotopic (exact) mass is 261 g/mol. The highest BCUT2D eigenvalue weighted by Gasteiger charge is 2.47. The van der Waals surface area contributed by atoms with Gasteiger partial charge in [0.25, 0.3) is 0 Å². The minimum atomic E-state index is 0.278. The molecule has 4 rings (SSSR count). The van der Waals surface area contributed by atoms with E-state index in [9.17, 15) is 0 Å². The van der Waals surface area contributed by atoms with Gasteiger partial charge in [0.1, 0.15) is 5.82 Å². The van der Waals surface area contributed by atoms with Crippen molar-refractivity contribution in [1.82, 2.24) is 9.97 Å². The quantitative estimate of drug-likeness (QED) is 0.829. The number of fused-ring (bicyclic) bond motifs is 3. The number of imidazole rings is 1. The zero-order chi connectivity index (χ0) is 12.3. The Bertz CT molecular complexity index is 604. The molecule has 18 heavy (non-hydrogen) atoms. The van der Waals surface area contributed by atoms with Crippen molar-refractivity contribution in [3.63, 3.8) is 0 Å². The van der Waals surface area contributed by atoms with Crippen LogP contribution in [0.4, 0.5) is 0 Å². The number of hydrogen-bond donors (Lipinski definition) is 2. The fourth-order valence-electron chi connectivity index (χ4n) is 3.90. The minimum Gasteiger partial charge on any atom is -0.342 e. The lowest BCUT2D eigenvalue weighted by Crippen LogP contribution is -2.34. The van der Waals surface area contributed by atoms with E-state index < -0.39 is 0 Å². The van der Waals surface area contributed by atoms with Crippen molar-refractivity contribution in [3.8, 4) is 0 Å². The molecule has 0 amide bonds. The van der Waals surface area contributed by atoms with E-state index in [1.807, 2.05) is 18.2 Å². The van der Waals surface area contributed by atoms with Crippen molar-refractivity contribution in [1.29, 1.82) is 0 Å². The number of nitrogens with zero attached hydrogens (tertiary/aromatic N) is 1. The first-order chi connectivity index (χ1) is 8.72. The summed E-state index contributed by atoms with van der Waals surface area (Å²) in [5.74, 6) is 2.90. The summed E-state index contributed by atoms with van der Waals surface area (Å²) >= 11 is 6.01. The number of nitrogens with two attached hydrogens (primary N) is 1. The first-order valence-electron chi connectivity index (χ1n) is 6.63. The van der Waals surface area contributed by atoms with Crippen LogP contribution in [0.1, 0.15) is 31.0 Å². The van der Waals surface area contributed by atoms with Crippen LogP contribution < -0.4 is 5.73 Å². The topological polar surface area (TPSA) is 54.7 Å². The number of H-pyrrole nitrogens is 1. The number of hydrogen-bond acceptors (Lipinski definition) is 2. The van der Waals surface area contributed by atoms with Gasteiger partial charge in [-0.1, -0.05) is 11.6 Å². The third kappa shape index (κ3) is 1.44. The van der Waals surface area contributed by atoms with E-state index in [1.54, 1.807) is 0 Å². The number of aromatic amines is 1. The SMILES string of the molecule is NC1C2CCC(C2)C1c1nc2ccc(Cl)cc2[nH]1.